The minimum atomic E-state index is -0.0168. The Balaban J connectivity index is 1.83. The van der Waals surface area contributed by atoms with E-state index in [9.17, 15) is 4.79 Å². The van der Waals surface area contributed by atoms with Crippen LogP contribution in [0.25, 0.3) is 6.08 Å². The van der Waals surface area contributed by atoms with E-state index >= 15 is 0 Å². The number of allylic oxidation sites excluding steroid dienone is 3. The molecule has 0 radical (unpaired) electrons. The van der Waals surface area contributed by atoms with Gasteiger partial charge in [0.25, 0.3) is 5.91 Å². The summed E-state index contributed by atoms with van der Waals surface area (Å²) in [5.41, 5.74) is 6.36. The fourth-order valence-electron chi connectivity index (χ4n) is 3.91. The fraction of sp³-hybridized carbons (Fsp3) is 0.138. The summed E-state index contributed by atoms with van der Waals surface area (Å²) in [7, 11) is 0. The zero-order valence-corrected chi connectivity index (χ0v) is 18.0. The summed E-state index contributed by atoms with van der Waals surface area (Å²) < 4.78 is 0. The van der Waals surface area contributed by atoms with Crippen molar-refractivity contribution in [3.8, 4) is 0 Å². The van der Waals surface area contributed by atoms with Crippen LogP contribution in [0.4, 0.5) is 5.69 Å². The van der Waals surface area contributed by atoms with E-state index in [0.717, 1.165) is 28.9 Å². The molecule has 0 aliphatic carbocycles. The van der Waals surface area contributed by atoms with Crippen molar-refractivity contribution in [3.05, 3.63) is 131 Å². The van der Waals surface area contributed by atoms with E-state index in [4.69, 9.17) is 0 Å². The van der Waals surface area contributed by atoms with E-state index < -0.39 is 0 Å². The number of anilines is 1. The molecule has 2 nitrogen and oxygen atoms in total. The van der Waals surface area contributed by atoms with Crippen molar-refractivity contribution >= 4 is 17.7 Å². The molecule has 154 valence electrons. The molecule has 0 aromatic heterocycles. The first-order chi connectivity index (χ1) is 15.1. The van der Waals surface area contributed by atoms with E-state index in [1.54, 1.807) is 6.08 Å². The molecule has 1 unspecified atom stereocenters. The van der Waals surface area contributed by atoms with Gasteiger partial charge in [0.05, 0.1) is 0 Å². The molecular weight excluding hydrogens is 378 g/mol. The number of nitrogens with zero attached hydrogens (tertiary/aromatic N) is 1. The predicted molar refractivity (Wildman–Crippen MR) is 130 cm³/mol. The second-order valence-corrected chi connectivity index (χ2v) is 8.06. The molecule has 1 aliphatic heterocycles. The standard InChI is InChI=1S/C29H27NO/c1-22-13-16-27(17-14-22)30-28(18-15-24-9-5-3-6-10-24)21-26(19-23(2)20-29(30)31)25-11-7-4-8-12-25/h3-18,20-21,26H,19H2,1-2H3/b18-15+,23-20-,28-21-. The van der Waals surface area contributed by atoms with Crippen LogP contribution >= 0.6 is 0 Å². The average Bonchev–Trinajstić information content (AvgIpc) is 2.78. The fourth-order valence-corrected chi connectivity index (χ4v) is 3.91. The SMILES string of the molecule is C/C1=C/C(=O)N(c2ccc(C)cc2)C(/C=C/c2ccccc2)=C\C(c2ccccc2)C1. The van der Waals surface area contributed by atoms with Crippen LogP contribution in [0.2, 0.25) is 0 Å². The van der Waals surface area contributed by atoms with E-state index in [0.29, 0.717) is 0 Å². The van der Waals surface area contributed by atoms with Crippen molar-refractivity contribution in [3.63, 3.8) is 0 Å². The average molecular weight is 406 g/mol. The van der Waals surface area contributed by atoms with E-state index in [1.165, 1.54) is 11.1 Å². The molecule has 2 heteroatoms. The van der Waals surface area contributed by atoms with Crippen LogP contribution < -0.4 is 4.90 Å². The largest absolute Gasteiger partial charge is 0.278 e. The van der Waals surface area contributed by atoms with Crippen molar-refractivity contribution in [2.75, 3.05) is 4.90 Å². The highest BCUT2D eigenvalue weighted by Gasteiger charge is 2.22. The van der Waals surface area contributed by atoms with Gasteiger partial charge in [-0.1, -0.05) is 96.1 Å². The van der Waals surface area contributed by atoms with Gasteiger partial charge in [-0.15, -0.1) is 0 Å². The zero-order chi connectivity index (χ0) is 21.6. The smallest absolute Gasteiger partial charge is 0.255 e. The Morgan fingerprint density at radius 2 is 1.45 bits per heavy atom. The number of hydrogen-bond donors (Lipinski definition) is 0. The molecule has 0 saturated carbocycles. The minimum Gasteiger partial charge on any atom is -0.278 e. The number of carbonyl (C=O) groups is 1. The molecule has 3 aromatic rings. The molecule has 1 amide bonds. The highest BCUT2D eigenvalue weighted by atomic mass is 16.2. The lowest BCUT2D eigenvalue weighted by molar-refractivity contribution is -0.113. The summed E-state index contributed by atoms with van der Waals surface area (Å²) >= 11 is 0. The van der Waals surface area contributed by atoms with Crippen LogP contribution in [0.1, 0.15) is 36.0 Å². The Hall–Kier alpha value is -3.65. The van der Waals surface area contributed by atoms with Crippen molar-refractivity contribution in [1.29, 1.82) is 0 Å². The molecule has 3 aromatic carbocycles. The normalized spacial score (nSPS) is 20.5. The molecule has 1 atom stereocenters. The molecule has 0 bridgehead atoms. The maximum atomic E-state index is 13.3. The summed E-state index contributed by atoms with van der Waals surface area (Å²) in [4.78, 5) is 15.1. The number of aryl methyl sites for hydroxylation is 1. The van der Waals surface area contributed by atoms with Crippen LogP contribution in [-0.2, 0) is 4.79 Å². The zero-order valence-electron chi connectivity index (χ0n) is 18.0. The van der Waals surface area contributed by atoms with Gasteiger partial charge in [-0.25, -0.2) is 0 Å². The Morgan fingerprint density at radius 3 is 2.13 bits per heavy atom. The van der Waals surface area contributed by atoms with Crippen molar-refractivity contribution in [2.45, 2.75) is 26.2 Å². The van der Waals surface area contributed by atoms with Gasteiger partial charge in [0.15, 0.2) is 0 Å². The van der Waals surface area contributed by atoms with E-state index in [2.05, 4.69) is 61.5 Å². The summed E-state index contributed by atoms with van der Waals surface area (Å²) in [6.07, 6.45) is 8.94. The third kappa shape index (κ3) is 5.10. The van der Waals surface area contributed by atoms with Crippen molar-refractivity contribution in [2.24, 2.45) is 0 Å². The van der Waals surface area contributed by atoms with E-state index in [1.807, 2.05) is 60.4 Å². The summed E-state index contributed by atoms with van der Waals surface area (Å²) in [6, 6.07) is 28.8. The van der Waals surface area contributed by atoms with Gasteiger partial charge < -0.3 is 0 Å². The van der Waals surface area contributed by atoms with E-state index in [-0.39, 0.29) is 11.8 Å². The topological polar surface area (TPSA) is 20.3 Å². The minimum absolute atomic E-state index is 0.0168. The van der Waals surface area contributed by atoms with Crippen LogP contribution in [0, 0.1) is 6.92 Å². The van der Waals surface area contributed by atoms with Crippen LogP contribution in [0.3, 0.4) is 0 Å². The van der Waals surface area contributed by atoms with Crippen LogP contribution in [0.15, 0.2) is 114 Å². The Morgan fingerprint density at radius 1 is 0.806 bits per heavy atom. The molecular formula is C29H27NO. The second kappa shape index (κ2) is 9.44. The summed E-state index contributed by atoms with van der Waals surface area (Å²) in [5, 5.41) is 0. The molecule has 1 heterocycles. The van der Waals surface area contributed by atoms with Gasteiger partial charge in [-0.3, -0.25) is 9.69 Å². The summed E-state index contributed by atoms with van der Waals surface area (Å²) in [6.45, 7) is 4.10. The number of hydrogen-bond acceptors (Lipinski definition) is 1. The maximum Gasteiger partial charge on any atom is 0.255 e. The lowest BCUT2D eigenvalue weighted by Crippen LogP contribution is -2.29. The first-order valence-corrected chi connectivity index (χ1v) is 10.7. The lowest BCUT2D eigenvalue weighted by Gasteiger charge is -2.27. The van der Waals surface area contributed by atoms with Gasteiger partial charge in [0.2, 0.25) is 0 Å². The third-order valence-corrected chi connectivity index (χ3v) is 5.53. The molecule has 0 saturated heterocycles. The molecule has 0 N–H and O–H groups in total. The molecule has 0 spiro atoms. The Labute approximate surface area is 184 Å². The number of benzene rings is 3. The van der Waals surface area contributed by atoms with Gasteiger partial charge in [0.1, 0.15) is 0 Å². The highest BCUT2D eigenvalue weighted by molar-refractivity contribution is 6.05. The molecule has 31 heavy (non-hydrogen) atoms. The second-order valence-electron chi connectivity index (χ2n) is 8.06. The van der Waals surface area contributed by atoms with Crippen LogP contribution in [-0.4, -0.2) is 5.91 Å². The number of rotatable bonds is 4. The Kier molecular flexibility index (Phi) is 6.28. The first-order valence-electron chi connectivity index (χ1n) is 10.7. The first kappa shape index (κ1) is 20.6. The molecule has 0 fully saturated rings. The third-order valence-electron chi connectivity index (χ3n) is 5.53. The highest BCUT2D eigenvalue weighted by Crippen LogP contribution is 2.32. The monoisotopic (exact) mass is 405 g/mol. The predicted octanol–water partition coefficient (Wildman–Crippen LogP) is 7.06. The molecule has 1 aliphatic rings. The summed E-state index contributed by atoms with van der Waals surface area (Å²) in [5.74, 6) is 0.172. The molecule has 4 rings (SSSR count). The maximum absolute atomic E-state index is 13.3. The van der Waals surface area contributed by atoms with Gasteiger partial charge in [-0.05, 0) is 49.6 Å². The van der Waals surface area contributed by atoms with Gasteiger partial charge in [-0.2, -0.15) is 0 Å². The quantitative estimate of drug-likeness (QED) is 0.455. The van der Waals surface area contributed by atoms with Gasteiger partial charge >= 0.3 is 0 Å². The van der Waals surface area contributed by atoms with Crippen LogP contribution in [0.5, 0.6) is 0 Å². The van der Waals surface area contributed by atoms with Gasteiger partial charge in [0, 0.05) is 23.4 Å². The van der Waals surface area contributed by atoms with Crippen molar-refractivity contribution < 1.29 is 4.79 Å². The van der Waals surface area contributed by atoms with Crippen molar-refractivity contribution in [1.82, 2.24) is 0 Å². The Bertz CT molecular complexity index is 1120. The number of amides is 1. The number of carbonyl (C=O) groups excluding carboxylic acids is 1. The lowest BCUT2D eigenvalue weighted by atomic mass is 9.89.